The van der Waals surface area contributed by atoms with Gasteiger partial charge in [0.05, 0.1) is 5.75 Å². The van der Waals surface area contributed by atoms with Crippen LogP contribution in [0.25, 0.3) is 0 Å². The molecular formula is C5H9ClF3NO2S2. The second-order valence-corrected chi connectivity index (χ2v) is 5.66. The molecule has 0 aromatic heterocycles. The van der Waals surface area contributed by atoms with E-state index in [1.54, 1.807) is 0 Å². The lowest BCUT2D eigenvalue weighted by molar-refractivity contribution is -0.0327. The zero-order valence-electron chi connectivity index (χ0n) is 6.97. The minimum atomic E-state index is -4.32. The average Bonchev–Trinajstić information content (AvgIpc) is 1.96. The predicted molar refractivity (Wildman–Crippen MR) is 51.0 cm³/mol. The zero-order valence-corrected chi connectivity index (χ0v) is 9.36. The summed E-state index contributed by atoms with van der Waals surface area (Å²) in [7, 11) is -3.51. The summed E-state index contributed by atoms with van der Waals surface area (Å²) in [6, 6.07) is 0. The molecule has 0 amide bonds. The fourth-order valence-corrected chi connectivity index (χ4v) is 2.47. The quantitative estimate of drug-likeness (QED) is 0.587. The molecule has 86 valence electrons. The number of alkyl halides is 4. The topological polar surface area (TPSA) is 46.2 Å². The van der Waals surface area contributed by atoms with Crippen molar-refractivity contribution in [2.24, 2.45) is 0 Å². The van der Waals surface area contributed by atoms with Crippen molar-refractivity contribution in [2.75, 3.05) is 23.9 Å². The molecule has 0 bridgehead atoms. The average molecular weight is 272 g/mol. The van der Waals surface area contributed by atoms with Gasteiger partial charge in [-0.25, -0.2) is 13.1 Å². The fraction of sp³-hybridized carbons (Fsp3) is 1.00. The normalized spacial score (nSPS) is 13.1. The lowest BCUT2D eigenvalue weighted by Crippen LogP contribution is -2.29. The first-order valence-corrected chi connectivity index (χ1v) is 6.68. The van der Waals surface area contributed by atoms with E-state index in [4.69, 9.17) is 11.6 Å². The molecular weight excluding hydrogens is 263 g/mol. The first-order valence-electron chi connectivity index (χ1n) is 3.51. The van der Waals surface area contributed by atoms with Crippen LogP contribution >= 0.6 is 23.4 Å². The van der Waals surface area contributed by atoms with Gasteiger partial charge in [0.25, 0.3) is 0 Å². The molecule has 0 saturated carbocycles. The summed E-state index contributed by atoms with van der Waals surface area (Å²) in [5.41, 5.74) is -4.32. The molecule has 0 spiro atoms. The second-order valence-electron chi connectivity index (χ2n) is 2.20. The highest BCUT2D eigenvalue weighted by molar-refractivity contribution is 8.00. The Bertz CT molecular complexity index is 254. The van der Waals surface area contributed by atoms with Crippen molar-refractivity contribution in [3.8, 4) is 0 Å². The largest absolute Gasteiger partial charge is 0.441 e. The minimum absolute atomic E-state index is 0.0816. The van der Waals surface area contributed by atoms with E-state index in [9.17, 15) is 21.6 Å². The summed E-state index contributed by atoms with van der Waals surface area (Å²) in [6.45, 7) is -0.247. The lowest BCUT2D eigenvalue weighted by atomic mass is 10.8. The molecule has 3 nitrogen and oxygen atoms in total. The van der Waals surface area contributed by atoms with Gasteiger partial charge in [-0.3, -0.25) is 0 Å². The molecule has 0 radical (unpaired) electrons. The SMILES string of the molecule is O=S(=O)(CCCl)NCCSC(F)(F)F. The van der Waals surface area contributed by atoms with Gasteiger partial charge in [0, 0.05) is 18.2 Å². The summed E-state index contributed by atoms with van der Waals surface area (Å²) < 4.78 is 58.5. The number of nitrogens with one attached hydrogen (secondary N) is 1. The van der Waals surface area contributed by atoms with E-state index < -0.39 is 15.5 Å². The van der Waals surface area contributed by atoms with E-state index in [-0.39, 0.29) is 35.7 Å². The predicted octanol–water partition coefficient (Wildman–Crippen LogP) is 1.40. The monoisotopic (exact) mass is 271 g/mol. The molecule has 14 heavy (non-hydrogen) atoms. The molecule has 0 unspecified atom stereocenters. The Morgan fingerprint density at radius 1 is 1.36 bits per heavy atom. The number of hydrogen-bond acceptors (Lipinski definition) is 3. The van der Waals surface area contributed by atoms with Gasteiger partial charge in [0.1, 0.15) is 0 Å². The minimum Gasteiger partial charge on any atom is -0.214 e. The Balaban J connectivity index is 3.65. The van der Waals surface area contributed by atoms with Crippen LogP contribution < -0.4 is 4.72 Å². The van der Waals surface area contributed by atoms with Crippen LogP contribution in [0, 0.1) is 0 Å². The molecule has 0 saturated heterocycles. The number of halogens is 4. The number of sulfonamides is 1. The molecule has 0 aromatic carbocycles. The Morgan fingerprint density at radius 2 is 1.93 bits per heavy atom. The van der Waals surface area contributed by atoms with Crippen LogP contribution in [-0.4, -0.2) is 37.9 Å². The van der Waals surface area contributed by atoms with Crippen LogP contribution in [-0.2, 0) is 10.0 Å². The number of rotatable bonds is 6. The van der Waals surface area contributed by atoms with Crippen molar-refractivity contribution in [2.45, 2.75) is 5.51 Å². The zero-order chi connectivity index (χ0) is 11.2. The molecule has 9 heteroatoms. The summed E-state index contributed by atoms with van der Waals surface area (Å²) in [5, 5.41) is 0. The summed E-state index contributed by atoms with van der Waals surface area (Å²) >= 11 is 4.90. The van der Waals surface area contributed by atoms with Crippen LogP contribution in [0.5, 0.6) is 0 Å². The summed E-state index contributed by atoms with van der Waals surface area (Å²) in [5.74, 6) is -0.710. The van der Waals surface area contributed by atoms with Gasteiger partial charge < -0.3 is 0 Å². The van der Waals surface area contributed by atoms with E-state index in [0.29, 0.717) is 0 Å². The maximum absolute atomic E-state index is 11.6. The smallest absolute Gasteiger partial charge is 0.214 e. The van der Waals surface area contributed by atoms with Crippen molar-refractivity contribution in [1.82, 2.24) is 4.72 Å². The highest BCUT2D eigenvalue weighted by atomic mass is 35.5. The highest BCUT2D eigenvalue weighted by Gasteiger charge is 2.27. The molecule has 1 N–H and O–H groups in total. The maximum atomic E-state index is 11.6. The van der Waals surface area contributed by atoms with Gasteiger partial charge >= 0.3 is 5.51 Å². The van der Waals surface area contributed by atoms with Crippen molar-refractivity contribution in [3.05, 3.63) is 0 Å². The maximum Gasteiger partial charge on any atom is 0.441 e. The molecule has 0 aliphatic rings. The third-order valence-electron chi connectivity index (χ3n) is 1.04. The summed E-state index contributed by atoms with van der Waals surface area (Å²) in [6.07, 6.45) is 0. The molecule has 0 atom stereocenters. The van der Waals surface area contributed by atoms with Crippen molar-refractivity contribution >= 4 is 33.4 Å². The Hall–Kier alpha value is 0.340. The highest BCUT2D eigenvalue weighted by Crippen LogP contribution is 2.29. The van der Waals surface area contributed by atoms with Gasteiger partial charge in [-0.05, 0) is 11.8 Å². The fourth-order valence-electron chi connectivity index (χ4n) is 0.538. The molecule has 0 aromatic rings. The van der Waals surface area contributed by atoms with Gasteiger partial charge in [-0.2, -0.15) is 13.2 Å². The van der Waals surface area contributed by atoms with Crippen LogP contribution in [0.15, 0.2) is 0 Å². The van der Waals surface area contributed by atoms with Crippen LogP contribution in [0.3, 0.4) is 0 Å². The first-order chi connectivity index (χ1) is 6.27. The molecule has 0 fully saturated rings. The molecule has 0 heterocycles. The summed E-state index contributed by atoms with van der Waals surface area (Å²) in [4.78, 5) is 0. The van der Waals surface area contributed by atoms with Crippen molar-refractivity contribution < 1.29 is 21.6 Å². The van der Waals surface area contributed by atoms with Crippen LogP contribution in [0.1, 0.15) is 0 Å². The lowest BCUT2D eigenvalue weighted by Gasteiger charge is -2.06. The van der Waals surface area contributed by atoms with Gasteiger partial charge in [0.2, 0.25) is 10.0 Å². The number of thioether (sulfide) groups is 1. The van der Waals surface area contributed by atoms with E-state index in [1.807, 2.05) is 4.72 Å². The van der Waals surface area contributed by atoms with Gasteiger partial charge in [0.15, 0.2) is 0 Å². The van der Waals surface area contributed by atoms with Crippen molar-refractivity contribution in [3.63, 3.8) is 0 Å². The van der Waals surface area contributed by atoms with Crippen molar-refractivity contribution in [1.29, 1.82) is 0 Å². The number of hydrogen-bond donors (Lipinski definition) is 1. The van der Waals surface area contributed by atoms with E-state index in [1.165, 1.54) is 0 Å². The van der Waals surface area contributed by atoms with Gasteiger partial charge in [-0.1, -0.05) is 0 Å². The van der Waals surface area contributed by atoms with E-state index in [2.05, 4.69) is 0 Å². The first kappa shape index (κ1) is 14.3. The van der Waals surface area contributed by atoms with Crippen LogP contribution in [0.4, 0.5) is 13.2 Å². The molecule has 0 aliphatic carbocycles. The van der Waals surface area contributed by atoms with Crippen LogP contribution in [0.2, 0.25) is 0 Å². The Morgan fingerprint density at radius 3 is 2.36 bits per heavy atom. The van der Waals surface area contributed by atoms with E-state index >= 15 is 0 Å². The third-order valence-corrected chi connectivity index (χ3v) is 3.57. The second kappa shape index (κ2) is 6.04. The molecule has 0 rings (SSSR count). The standard InChI is InChI=1S/C5H9ClF3NO2S2/c6-1-4-14(11,12)10-2-3-13-5(7,8)9/h10H,1-4H2. The third kappa shape index (κ3) is 8.92. The van der Waals surface area contributed by atoms with Gasteiger partial charge in [-0.15, -0.1) is 11.6 Å². The van der Waals surface area contributed by atoms with E-state index in [0.717, 1.165) is 0 Å². The Labute approximate surface area is 89.4 Å². The Kier molecular flexibility index (Phi) is 6.19. The molecule has 0 aliphatic heterocycles.